The van der Waals surface area contributed by atoms with Crippen molar-refractivity contribution in [3.63, 3.8) is 0 Å². The fourth-order valence-electron chi connectivity index (χ4n) is 2.78. The molecule has 0 saturated carbocycles. The number of carbonyl (C=O) groups is 1. The van der Waals surface area contributed by atoms with E-state index in [0.717, 1.165) is 16.8 Å². The van der Waals surface area contributed by atoms with Gasteiger partial charge in [-0.25, -0.2) is 4.68 Å². The summed E-state index contributed by atoms with van der Waals surface area (Å²) >= 11 is 0. The molecule has 0 bridgehead atoms. The highest BCUT2D eigenvalue weighted by Crippen LogP contribution is 2.24. The summed E-state index contributed by atoms with van der Waals surface area (Å²) < 4.78 is 7.38. The number of carbonyl (C=O) groups excluding carboxylic acids is 1. The van der Waals surface area contributed by atoms with E-state index in [1.807, 2.05) is 71.4 Å². The third kappa shape index (κ3) is 5.54. The number of amides is 1. The first-order valence-corrected chi connectivity index (χ1v) is 9.45. The number of rotatable bonds is 7. The van der Waals surface area contributed by atoms with Gasteiger partial charge in [-0.15, -0.1) is 0 Å². The Labute approximate surface area is 166 Å². The molecule has 0 unspecified atom stereocenters. The Hall–Kier alpha value is -2.92. The Morgan fingerprint density at radius 1 is 1.00 bits per heavy atom. The molecule has 1 N–H and O–H groups in total. The summed E-state index contributed by atoms with van der Waals surface area (Å²) in [6, 6.07) is 21.8. The average Bonchev–Trinajstić information content (AvgIpc) is 3.06. The van der Waals surface area contributed by atoms with Crippen LogP contribution >= 0.6 is 0 Å². The van der Waals surface area contributed by atoms with E-state index < -0.39 is 0 Å². The summed E-state index contributed by atoms with van der Waals surface area (Å²) in [5.41, 5.74) is 3.00. The summed E-state index contributed by atoms with van der Waals surface area (Å²) in [5, 5.41) is 7.66. The molecule has 0 spiro atoms. The van der Waals surface area contributed by atoms with Crippen LogP contribution in [0.3, 0.4) is 0 Å². The van der Waals surface area contributed by atoms with Crippen molar-refractivity contribution in [2.24, 2.45) is 0 Å². The number of nitrogens with one attached hydrogen (secondary N) is 1. The van der Waals surface area contributed by atoms with Gasteiger partial charge >= 0.3 is 0 Å². The Morgan fingerprint density at radius 2 is 1.61 bits per heavy atom. The summed E-state index contributed by atoms with van der Waals surface area (Å²) in [7, 11) is 0. The third-order valence-electron chi connectivity index (χ3n) is 4.34. The van der Waals surface area contributed by atoms with E-state index in [1.54, 1.807) is 0 Å². The molecule has 3 rings (SSSR count). The average molecular weight is 377 g/mol. The van der Waals surface area contributed by atoms with Gasteiger partial charge in [0.05, 0.1) is 18.8 Å². The Morgan fingerprint density at radius 3 is 2.21 bits per heavy atom. The standard InChI is InChI=1S/C23H27N3O2/c1-23(2,3)20-14-21(26(25-20)15-18-10-6-4-7-11-18)24-22(27)17-28-16-19-12-8-5-9-13-19/h4-14H,15-17H2,1-3H3,(H,24,27). The molecule has 0 aliphatic carbocycles. The smallest absolute Gasteiger partial charge is 0.251 e. The van der Waals surface area contributed by atoms with Crippen molar-refractivity contribution in [3.8, 4) is 0 Å². The van der Waals surface area contributed by atoms with Crippen LogP contribution in [-0.2, 0) is 28.1 Å². The van der Waals surface area contributed by atoms with Gasteiger partial charge in [0.25, 0.3) is 5.91 Å². The first-order valence-electron chi connectivity index (χ1n) is 9.45. The minimum Gasteiger partial charge on any atom is -0.367 e. The van der Waals surface area contributed by atoms with Crippen molar-refractivity contribution < 1.29 is 9.53 Å². The molecule has 0 atom stereocenters. The largest absolute Gasteiger partial charge is 0.367 e. The summed E-state index contributed by atoms with van der Waals surface area (Å²) in [4.78, 5) is 12.4. The molecule has 1 amide bonds. The van der Waals surface area contributed by atoms with E-state index in [0.29, 0.717) is 19.0 Å². The third-order valence-corrected chi connectivity index (χ3v) is 4.34. The van der Waals surface area contributed by atoms with Crippen molar-refractivity contribution in [1.29, 1.82) is 0 Å². The number of aromatic nitrogens is 2. The van der Waals surface area contributed by atoms with Gasteiger partial charge in [-0.3, -0.25) is 4.79 Å². The summed E-state index contributed by atoms with van der Waals surface area (Å²) in [5.74, 6) is 0.493. The van der Waals surface area contributed by atoms with Crippen LogP contribution in [0.2, 0.25) is 0 Å². The molecule has 3 aromatic rings. The van der Waals surface area contributed by atoms with Crippen molar-refractivity contribution in [3.05, 3.63) is 83.6 Å². The summed E-state index contributed by atoms with van der Waals surface area (Å²) in [6.07, 6.45) is 0. The molecule has 146 valence electrons. The number of hydrogen-bond acceptors (Lipinski definition) is 3. The van der Waals surface area contributed by atoms with Crippen molar-refractivity contribution in [2.75, 3.05) is 11.9 Å². The second-order valence-corrected chi connectivity index (χ2v) is 7.83. The first-order chi connectivity index (χ1) is 13.4. The van der Waals surface area contributed by atoms with E-state index in [4.69, 9.17) is 9.84 Å². The van der Waals surface area contributed by atoms with Gasteiger partial charge in [-0.1, -0.05) is 81.4 Å². The van der Waals surface area contributed by atoms with Crippen LogP contribution in [0.15, 0.2) is 66.7 Å². The minimum atomic E-state index is -0.189. The maximum Gasteiger partial charge on any atom is 0.251 e. The number of ether oxygens (including phenoxy) is 1. The van der Waals surface area contributed by atoms with Crippen LogP contribution in [0.5, 0.6) is 0 Å². The van der Waals surface area contributed by atoms with Crippen molar-refractivity contribution in [1.82, 2.24) is 9.78 Å². The predicted molar refractivity (Wildman–Crippen MR) is 111 cm³/mol. The highest BCUT2D eigenvalue weighted by molar-refractivity contribution is 5.91. The molecule has 0 fully saturated rings. The quantitative estimate of drug-likeness (QED) is 0.665. The Balaban J connectivity index is 1.67. The second-order valence-electron chi connectivity index (χ2n) is 7.83. The molecule has 0 aliphatic heterocycles. The van der Waals surface area contributed by atoms with Gasteiger partial charge in [0.2, 0.25) is 0 Å². The molecule has 1 heterocycles. The van der Waals surface area contributed by atoms with Gasteiger partial charge in [0.1, 0.15) is 12.4 Å². The molecule has 1 aromatic heterocycles. The van der Waals surface area contributed by atoms with Crippen LogP contribution in [0.4, 0.5) is 5.82 Å². The molecular weight excluding hydrogens is 350 g/mol. The van der Waals surface area contributed by atoms with Crippen LogP contribution in [-0.4, -0.2) is 22.3 Å². The monoisotopic (exact) mass is 377 g/mol. The zero-order valence-corrected chi connectivity index (χ0v) is 16.7. The molecule has 28 heavy (non-hydrogen) atoms. The maximum absolute atomic E-state index is 12.4. The SMILES string of the molecule is CC(C)(C)c1cc(NC(=O)COCc2ccccc2)n(Cc2ccccc2)n1. The zero-order valence-electron chi connectivity index (χ0n) is 16.7. The van der Waals surface area contributed by atoms with Crippen LogP contribution in [0.25, 0.3) is 0 Å². The minimum absolute atomic E-state index is 0.00371. The van der Waals surface area contributed by atoms with Crippen LogP contribution < -0.4 is 5.32 Å². The highest BCUT2D eigenvalue weighted by atomic mass is 16.5. The molecule has 5 nitrogen and oxygen atoms in total. The van der Waals surface area contributed by atoms with E-state index in [1.165, 1.54) is 0 Å². The molecular formula is C23H27N3O2. The maximum atomic E-state index is 12.4. The molecule has 5 heteroatoms. The Bertz CT molecular complexity index is 897. The number of anilines is 1. The Kier molecular flexibility index (Phi) is 6.26. The normalized spacial score (nSPS) is 11.4. The first kappa shape index (κ1) is 19.8. The van der Waals surface area contributed by atoms with Gasteiger partial charge in [0.15, 0.2) is 0 Å². The summed E-state index contributed by atoms with van der Waals surface area (Å²) in [6.45, 7) is 7.32. The fraction of sp³-hybridized carbons (Fsp3) is 0.304. The van der Waals surface area contributed by atoms with E-state index in [9.17, 15) is 4.79 Å². The van der Waals surface area contributed by atoms with E-state index >= 15 is 0 Å². The van der Waals surface area contributed by atoms with Crippen molar-refractivity contribution >= 4 is 11.7 Å². The lowest BCUT2D eigenvalue weighted by Crippen LogP contribution is -2.20. The number of nitrogens with zero attached hydrogens (tertiary/aromatic N) is 2. The van der Waals surface area contributed by atoms with E-state index in [-0.39, 0.29) is 17.9 Å². The topological polar surface area (TPSA) is 56.1 Å². The van der Waals surface area contributed by atoms with Gasteiger partial charge < -0.3 is 10.1 Å². The molecule has 0 aliphatic rings. The van der Waals surface area contributed by atoms with Crippen LogP contribution in [0.1, 0.15) is 37.6 Å². The predicted octanol–water partition coefficient (Wildman–Crippen LogP) is 4.38. The van der Waals surface area contributed by atoms with Gasteiger partial charge in [0, 0.05) is 11.5 Å². The zero-order chi connectivity index (χ0) is 20.0. The van der Waals surface area contributed by atoms with Crippen molar-refractivity contribution in [2.45, 2.75) is 39.3 Å². The molecule has 0 saturated heterocycles. The number of benzene rings is 2. The lowest BCUT2D eigenvalue weighted by molar-refractivity contribution is -0.121. The molecule has 2 aromatic carbocycles. The number of hydrogen-bond donors (Lipinski definition) is 1. The lowest BCUT2D eigenvalue weighted by atomic mass is 9.92. The van der Waals surface area contributed by atoms with Crippen LogP contribution in [0, 0.1) is 0 Å². The van der Waals surface area contributed by atoms with Gasteiger partial charge in [-0.2, -0.15) is 5.10 Å². The second kappa shape index (κ2) is 8.85. The van der Waals surface area contributed by atoms with Gasteiger partial charge in [-0.05, 0) is 11.1 Å². The fourth-order valence-corrected chi connectivity index (χ4v) is 2.78. The molecule has 0 radical (unpaired) electrons. The highest BCUT2D eigenvalue weighted by Gasteiger charge is 2.21. The lowest BCUT2D eigenvalue weighted by Gasteiger charge is -2.14. The van der Waals surface area contributed by atoms with E-state index in [2.05, 4.69) is 26.1 Å².